The molecule has 3 aromatic carbocycles. The fourth-order valence-corrected chi connectivity index (χ4v) is 4.45. The van der Waals surface area contributed by atoms with Crippen LogP contribution in [0.5, 0.6) is 11.5 Å². The Kier molecular flexibility index (Phi) is 7.23. The monoisotopic (exact) mass is 534 g/mol. The Bertz CT molecular complexity index is 1480. The summed E-state index contributed by atoms with van der Waals surface area (Å²) in [5.41, 5.74) is 2.62. The Labute approximate surface area is 223 Å². The molecule has 2 heterocycles. The van der Waals surface area contributed by atoms with Crippen LogP contribution >= 0.6 is 11.6 Å². The number of nitrogens with one attached hydrogen (secondary N) is 2. The molecule has 0 saturated carbocycles. The number of benzene rings is 3. The van der Waals surface area contributed by atoms with Crippen molar-refractivity contribution < 1.29 is 18.7 Å². The number of carbonyl (C=O) groups is 1. The van der Waals surface area contributed by atoms with Gasteiger partial charge in [-0.3, -0.25) is 4.79 Å². The predicted molar refractivity (Wildman–Crippen MR) is 141 cm³/mol. The standard InChI is InChI=1S/C27H24ClFN6O3/c1-3-37-23-10-5-4-9-22(23)31-26(36)24-16(2)30-27-32-33-34-35(27)25(24)17-11-13-18(14-12-17)38-15-19-20(28)7-6-8-21(19)29/h4-14,25H,3,15H2,1-2H3,(H,31,36)(H,30,32,34). The number of halogens is 2. The number of fused-ring (bicyclic) bond motifs is 1. The van der Waals surface area contributed by atoms with Crippen LogP contribution < -0.4 is 20.1 Å². The largest absolute Gasteiger partial charge is 0.492 e. The number of para-hydroxylation sites is 2. The predicted octanol–water partition coefficient (Wildman–Crippen LogP) is 5.37. The third-order valence-corrected chi connectivity index (χ3v) is 6.39. The van der Waals surface area contributed by atoms with Crippen molar-refractivity contribution in [2.75, 3.05) is 17.2 Å². The zero-order chi connectivity index (χ0) is 26.6. The molecule has 194 valence electrons. The molecular weight excluding hydrogens is 511 g/mol. The Hall–Kier alpha value is -4.44. The molecule has 1 atom stereocenters. The average Bonchev–Trinajstić information content (AvgIpc) is 3.37. The summed E-state index contributed by atoms with van der Waals surface area (Å²) in [6.07, 6.45) is 0. The van der Waals surface area contributed by atoms with Gasteiger partial charge in [-0.25, -0.2) is 4.39 Å². The van der Waals surface area contributed by atoms with Crippen LogP contribution in [0.3, 0.4) is 0 Å². The molecule has 2 N–H and O–H groups in total. The number of tetrazole rings is 1. The van der Waals surface area contributed by atoms with E-state index in [1.54, 1.807) is 48.0 Å². The lowest BCUT2D eigenvalue weighted by atomic mass is 9.95. The first kappa shape index (κ1) is 25.2. The van der Waals surface area contributed by atoms with Gasteiger partial charge in [0.1, 0.15) is 30.0 Å². The lowest BCUT2D eigenvalue weighted by Gasteiger charge is -2.28. The van der Waals surface area contributed by atoms with E-state index in [0.29, 0.717) is 46.0 Å². The highest BCUT2D eigenvalue weighted by Gasteiger charge is 2.34. The summed E-state index contributed by atoms with van der Waals surface area (Å²) < 4.78 is 27.1. The van der Waals surface area contributed by atoms with Crippen LogP contribution in [0, 0.1) is 5.82 Å². The Morgan fingerprint density at radius 3 is 2.66 bits per heavy atom. The van der Waals surface area contributed by atoms with Crippen LogP contribution in [-0.2, 0) is 11.4 Å². The van der Waals surface area contributed by atoms with Crippen molar-refractivity contribution in [1.82, 2.24) is 20.2 Å². The quantitative estimate of drug-likeness (QED) is 0.313. The minimum Gasteiger partial charge on any atom is -0.492 e. The third-order valence-electron chi connectivity index (χ3n) is 6.03. The number of ether oxygens (including phenoxy) is 2. The molecule has 9 nitrogen and oxygen atoms in total. The van der Waals surface area contributed by atoms with E-state index in [1.807, 2.05) is 31.2 Å². The van der Waals surface area contributed by atoms with E-state index < -0.39 is 11.9 Å². The van der Waals surface area contributed by atoms with Crippen LogP contribution in [0.15, 0.2) is 78.0 Å². The van der Waals surface area contributed by atoms with Gasteiger partial charge < -0.3 is 20.1 Å². The van der Waals surface area contributed by atoms with Crippen LogP contribution in [0.2, 0.25) is 5.02 Å². The van der Waals surface area contributed by atoms with Gasteiger partial charge in [0.05, 0.1) is 22.9 Å². The van der Waals surface area contributed by atoms with Crippen molar-refractivity contribution in [3.8, 4) is 11.5 Å². The zero-order valence-electron chi connectivity index (χ0n) is 20.6. The number of aromatic nitrogens is 4. The molecule has 1 amide bonds. The van der Waals surface area contributed by atoms with Gasteiger partial charge >= 0.3 is 0 Å². The molecule has 0 fully saturated rings. The van der Waals surface area contributed by atoms with E-state index in [1.165, 1.54) is 6.07 Å². The summed E-state index contributed by atoms with van der Waals surface area (Å²) in [4.78, 5) is 13.6. The number of anilines is 2. The third kappa shape index (κ3) is 5.03. The molecule has 1 aliphatic heterocycles. The SMILES string of the molecule is CCOc1ccccc1NC(=O)C1=C(C)Nc2nnnn2C1c1ccc(OCc2c(F)cccc2Cl)cc1. The van der Waals surface area contributed by atoms with Gasteiger partial charge in [0, 0.05) is 11.3 Å². The molecule has 0 aliphatic carbocycles. The van der Waals surface area contributed by atoms with Crippen LogP contribution in [0.25, 0.3) is 0 Å². The highest BCUT2D eigenvalue weighted by atomic mass is 35.5. The first-order valence-electron chi connectivity index (χ1n) is 11.9. The molecule has 0 saturated heterocycles. The van der Waals surface area contributed by atoms with Crippen LogP contribution in [0.4, 0.5) is 16.0 Å². The highest BCUT2D eigenvalue weighted by Crippen LogP contribution is 2.36. The molecule has 4 aromatic rings. The number of allylic oxidation sites excluding steroid dienone is 1. The number of hydrogen-bond acceptors (Lipinski definition) is 7. The van der Waals surface area contributed by atoms with Gasteiger partial charge in [0.15, 0.2) is 0 Å². The summed E-state index contributed by atoms with van der Waals surface area (Å²) in [6.45, 7) is 4.11. The molecule has 5 rings (SSSR count). The maximum atomic E-state index is 14.1. The minimum atomic E-state index is -0.615. The number of carbonyl (C=O) groups excluding carboxylic acids is 1. The van der Waals surface area contributed by atoms with Gasteiger partial charge in [0.25, 0.3) is 5.91 Å². The van der Waals surface area contributed by atoms with E-state index in [-0.39, 0.29) is 18.1 Å². The van der Waals surface area contributed by atoms with E-state index in [4.69, 9.17) is 21.1 Å². The molecule has 38 heavy (non-hydrogen) atoms. The minimum absolute atomic E-state index is 0.0265. The second kappa shape index (κ2) is 10.9. The molecule has 1 aromatic heterocycles. The summed E-state index contributed by atoms with van der Waals surface area (Å²) in [7, 11) is 0. The summed E-state index contributed by atoms with van der Waals surface area (Å²) in [5.74, 6) is 0.728. The maximum absolute atomic E-state index is 14.1. The summed E-state index contributed by atoms with van der Waals surface area (Å²) >= 11 is 6.11. The van der Waals surface area contributed by atoms with Crippen molar-refractivity contribution in [2.45, 2.75) is 26.5 Å². The summed E-state index contributed by atoms with van der Waals surface area (Å²) in [5, 5.41) is 18.3. The fraction of sp³-hybridized carbons (Fsp3) is 0.185. The van der Waals surface area contributed by atoms with Gasteiger partial charge in [-0.2, -0.15) is 4.68 Å². The Balaban J connectivity index is 1.42. The number of rotatable bonds is 8. The zero-order valence-corrected chi connectivity index (χ0v) is 21.4. The van der Waals surface area contributed by atoms with Crippen molar-refractivity contribution in [3.05, 3.63) is 100.0 Å². The average molecular weight is 535 g/mol. The van der Waals surface area contributed by atoms with Gasteiger partial charge in [-0.15, -0.1) is 0 Å². The molecule has 0 spiro atoms. The summed E-state index contributed by atoms with van der Waals surface area (Å²) in [6, 6.07) is 18.2. The maximum Gasteiger partial charge on any atom is 0.255 e. The molecule has 11 heteroatoms. The smallest absolute Gasteiger partial charge is 0.255 e. The molecule has 1 aliphatic rings. The molecule has 0 radical (unpaired) electrons. The molecule has 0 bridgehead atoms. The van der Waals surface area contributed by atoms with E-state index in [0.717, 1.165) is 5.56 Å². The Morgan fingerprint density at radius 2 is 1.89 bits per heavy atom. The Morgan fingerprint density at radius 1 is 1.11 bits per heavy atom. The number of hydrogen-bond donors (Lipinski definition) is 2. The van der Waals surface area contributed by atoms with Crippen molar-refractivity contribution in [3.63, 3.8) is 0 Å². The lowest BCUT2D eigenvalue weighted by Crippen LogP contribution is -2.31. The van der Waals surface area contributed by atoms with E-state index in [9.17, 15) is 9.18 Å². The van der Waals surface area contributed by atoms with E-state index in [2.05, 4.69) is 26.2 Å². The highest BCUT2D eigenvalue weighted by molar-refractivity contribution is 6.31. The molecule has 1 unspecified atom stereocenters. The second-order valence-corrected chi connectivity index (χ2v) is 8.86. The topological polar surface area (TPSA) is 103 Å². The van der Waals surface area contributed by atoms with E-state index >= 15 is 0 Å². The fourth-order valence-electron chi connectivity index (χ4n) is 4.23. The first-order chi connectivity index (χ1) is 18.5. The van der Waals surface area contributed by atoms with Crippen LogP contribution in [-0.4, -0.2) is 32.7 Å². The van der Waals surface area contributed by atoms with Gasteiger partial charge in [-0.05, 0) is 66.2 Å². The molecular formula is C27H24ClFN6O3. The van der Waals surface area contributed by atoms with Crippen molar-refractivity contribution >= 4 is 29.1 Å². The van der Waals surface area contributed by atoms with Crippen molar-refractivity contribution in [2.24, 2.45) is 0 Å². The lowest BCUT2D eigenvalue weighted by molar-refractivity contribution is -0.113. The second-order valence-electron chi connectivity index (χ2n) is 8.45. The first-order valence-corrected chi connectivity index (χ1v) is 12.3. The van der Waals surface area contributed by atoms with Gasteiger partial charge in [-0.1, -0.05) is 47.0 Å². The van der Waals surface area contributed by atoms with Gasteiger partial charge in [0.2, 0.25) is 5.95 Å². The van der Waals surface area contributed by atoms with Crippen molar-refractivity contribution in [1.29, 1.82) is 0 Å². The van der Waals surface area contributed by atoms with Crippen LogP contribution in [0.1, 0.15) is 31.0 Å². The number of amides is 1. The number of nitrogens with zero attached hydrogens (tertiary/aromatic N) is 4. The normalized spacial score (nSPS) is 14.5.